The normalized spacial score (nSPS) is 10.1. The minimum Gasteiger partial charge on any atom is -0.457 e. The Morgan fingerprint density at radius 3 is 2.67 bits per heavy atom. The Labute approximate surface area is 111 Å². The highest BCUT2D eigenvalue weighted by Gasteiger charge is 2.06. The molecule has 0 unspecified atom stereocenters. The van der Waals surface area contributed by atoms with Crippen molar-refractivity contribution in [2.45, 2.75) is 0 Å². The van der Waals surface area contributed by atoms with Crippen LogP contribution in [0.5, 0.6) is 11.5 Å². The number of ether oxygens (including phenoxy) is 1. The third-order valence-electron chi connectivity index (χ3n) is 2.11. The fourth-order valence-corrected chi connectivity index (χ4v) is 1.53. The summed E-state index contributed by atoms with van der Waals surface area (Å²) in [4.78, 5) is 14.7. The smallest absolute Gasteiger partial charge is 0.267 e. The Balaban J connectivity index is 2.25. The molecule has 1 heterocycles. The molecular weight excluding hydrogens is 303 g/mol. The highest BCUT2D eigenvalue weighted by molar-refractivity contribution is 9.10. The summed E-state index contributed by atoms with van der Waals surface area (Å²) in [6.45, 7) is 0. The summed E-state index contributed by atoms with van der Waals surface area (Å²) < 4.78 is 19.0. The lowest BCUT2D eigenvalue weighted by Gasteiger charge is -2.06. The second-order valence-electron chi connectivity index (χ2n) is 3.42. The number of benzene rings is 1. The van der Waals surface area contributed by atoms with Crippen molar-refractivity contribution in [2.75, 3.05) is 0 Å². The monoisotopic (exact) mass is 310 g/mol. The fourth-order valence-electron chi connectivity index (χ4n) is 1.29. The van der Waals surface area contributed by atoms with Gasteiger partial charge in [-0.3, -0.25) is 9.78 Å². The Hall–Kier alpha value is -1.95. The van der Waals surface area contributed by atoms with Gasteiger partial charge in [0, 0.05) is 18.3 Å². The standard InChI is InChI=1S/C12H8BrFN2O2/c13-9-2-1-7(5-10(9)14)18-8-3-4-16-11(6-8)12(15)17/h1-6H,(H2,15,17). The molecular formula is C12H8BrFN2O2. The molecule has 0 saturated heterocycles. The van der Waals surface area contributed by atoms with Crippen LogP contribution in [-0.2, 0) is 0 Å². The summed E-state index contributed by atoms with van der Waals surface area (Å²) in [6.07, 6.45) is 1.39. The van der Waals surface area contributed by atoms with Gasteiger partial charge in [0.2, 0.25) is 0 Å². The summed E-state index contributed by atoms with van der Waals surface area (Å²) in [5.41, 5.74) is 5.18. The highest BCUT2D eigenvalue weighted by atomic mass is 79.9. The first kappa shape index (κ1) is 12.5. The summed E-state index contributed by atoms with van der Waals surface area (Å²) in [6, 6.07) is 7.29. The first-order valence-corrected chi connectivity index (χ1v) is 5.74. The Bertz CT molecular complexity index is 604. The van der Waals surface area contributed by atoms with E-state index in [9.17, 15) is 9.18 Å². The predicted octanol–water partition coefficient (Wildman–Crippen LogP) is 2.87. The van der Waals surface area contributed by atoms with Crippen molar-refractivity contribution in [1.29, 1.82) is 0 Å². The molecule has 0 aliphatic carbocycles. The van der Waals surface area contributed by atoms with Crippen LogP contribution >= 0.6 is 15.9 Å². The van der Waals surface area contributed by atoms with Crippen molar-refractivity contribution < 1.29 is 13.9 Å². The average Bonchev–Trinajstić information content (AvgIpc) is 2.34. The number of pyridine rings is 1. The van der Waals surface area contributed by atoms with Gasteiger partial charge in [0.05, 0.1) is 4.47 Å². The van der Waals surface area contributed by atoms with Crippen molar-refractivity contribution in [2.24, 2.45) is 5.73 Å². The fraction of sp³-hybridized carbons (Fsp3) is 0. The molecule has 1 amide bonds. The molecule has 0 spiro atoms. The quantitative estimate of drug-likeness (QED) is 0.948. The Kier molecular flexibility index (Phi) is 3.57. The molecule has 2 N–H and O–H groups in total. The Morgan fingerprint density at radius 2 is 2.00 bits per heavy atom. The minimum absolute atomic E-state index is 0.0880. The van der Waals surface area contributed by atoms with Gasteiger partial charge in [0.1, 0.15) is 23.0 Å². The number of hydrogen-bond donors (Lipinski definition) is 1. The van der Waals surface area contributed by atoms with E-state index in [-0.39, 0.29) is 5.69 Å². The van der Waals surface area contributed by atoms with Gasteiger partial charge in [-0.05, 0) is 34.1 Å². The SMILES string of the molecule is NC(=O)c1cc(Oc2ccc(Br)c(F)c2)ccn1. The minimum atomic E-state index is -0.651. The largest absolute Gasteiger partial charge is 0.457 e. The van der Waals surface area contributed by atoms with E-state index in [1.165, 1.54) is 24.4 Å². The molecule has 1 aromatic carbocycles. The van der Waals surface area contributed by atoms with Gasteiger partial charge < -0.3 is 10.5 Å². The van der Waals surface area contributed by atoms with Crippen LogP contribution in [0.2, 0.25) is 0 Å². The number of carbonyl (C=O) groups excluding carboxylic acids is 1. The number of amides is 1. The van der Waals surface area contributed by atoms with Crippen molar-refractivity contribution >= 4 is 21.8 Å². The van der Waals surface area contributed by atoms with E-state index in [4.69, 9.17) is 10.5 Å². The van der Waals surface area contributed by atoms with Crippen molar-refractivity contribution in [3.63, 3.8) is 0 Å². The molecule has 2 aromatic rings. The zero-order chi connectivity index (χ0) is 13.1. The molecule has 0 radical (unpaired) electrons. The van der Waals surface area contributed by atoms with E-state index >= 15 is 0 Å². The van der Waals surface area contributed by atoms with Gasteiger partial charge in [-0.15, -0.1) is 0 Å². The maximum absolute atomic E-state index is 13.3. The van der Waals surface area contributed by atoms with Crippen LogP contribution in [0.1, 0.15) is 10.5 Å². The molecule has 0 bridgehead atoms. The van der Waals surface area contributed by atoms with E-state index < -0.39 is 11.7 Å². The van der Waals surface area contributed by atoms with Gasteiger partial charge in [0.15, 0.2) is 0 Å². The van der Waals surface area contributed by atoms with Crippen LogP contribution in [0, 0.1) is 5.82 Å². The van der Waals surface area contributed by atoms with Crippen molar-refractivity contribution in [3.05, 3.63) is 52.5 Å². The molecule has 18 heavy (non-hydrogen) atoms. The van der Waals surface area contributed by atoms with Crippen molar-refractivity contribution in [1.82, 2.24) is 4.98 Å². The average molecular weight is 311 g/mol. The third-order valence-corrected chi connectivity index (χ3v) is 2.75. The maximum atomic E-state index is 13.3. The van der Waals surface area contributed by atoms with E-state index in [1.54, 1.807) is 12.1 Å². The summed E-state index contributed by atoms with van der Waals surface area (Å²) in [5, 5.41) is 0. The molecule has 1 aromatic heterocycles. The number of nitrogens with zero attached hydrogens (tertiary/aromatic N) is 1. The number of rotatable bonds is 3. The first-order valence-electron chi connectivity index (χ1n) is 4.95. The first-order chi connectivity index (χ1) is 8.56. The topological polar surface area (TPSA) is 65.2 Å². The number of nitrogens with two attached hydrogens (primary N) is 1. The summed E-state index contributed by atoms with van der Waals surface area (Å²) >= 11 is 3.04. The molecule has 0 fully saturated rings. The lowest BCUT2D eigenvalue weighted by molar-refractivity contribution is 0.0995. The van der Waals surface area contributed by atoms with E-state index in [1.807, 2.05) is 0 Å². The molecule has 4 nitrogen and oxygen atoms in total. The lowest BCUT2D eigenvalue weighted by atomic mass is 10.3. The second kappa shape index (κ2) is 5.14. The van der Waals surface area contributed by atoms with Crippen LogP contribution in [0.15, 0.2) is 41.0 Å². The number of halogens is 2. The van der Waals surface area contributed by atoms with E-state index in [2.05, 4.69) is 20.9 Å². The predicted molar refractivity (Wildman–Crippen MR) is 66.9 cm³/mol. The molecule has 0 saturated carbocycles. The van der Waals surface area contributed by atoms with E-state index in [0.29, 0.717) is 16.0 Å². The third kappa shape index (κ3) is 2.84. The molecule has 2 rings (SSSR count). The van der Waals surface area contributed by atoms with Gasteiger partial charge >= 0.3 is 0 Å². The van der Waals surface area contributed by atoms with Crippen LogP contribution < -0.4 is 10.5 Å². The lowest BCUT2D eigenvalue weighted by Crippen LogP contribution is -2.12. The van der Waals surface area contributed by atoms with Crippen LogP contribution in [0.3, 0.4) is 0 Å². The van der Waals surface area contributed by atoms with Crippen LogP contribution in [0.4, 0.5) is 4.39 Å². The Morgan fingerprint density at radius 1 is 1.28 bits per heavy atom. The van der Waals surface area contributed by atoms with Crippen molar-refractivity contribution in [3.8, 4) is 11.5 Å². The zero-order valence-corrected chi connectivity index (χ0v) is 10.6. The molecule has 0 aliphatic rings. The maximum Gasteiger partial charge on any atom is 0.267 e. The molecule has 0 aliphatic heterocycles. The van der Waals surface area contributed by atoms with Crippen LogP contribution in [0.25, 0.3) is 0 Å². The van der Waals surface area contributed by atoms with Crippen LogP contribution in [-0.4, -0.2) is 10.9 Å². The summed E-state index contributed by atoms with van der Waals surface area (Å²) in [5.74, 6) is -0.406. The summed E-state index contributed by atoms with van der Waals surface area (Å²) in [7, 11) is 0. The second-order valence-corrected chi connectivity index (χ2v) is 4.27. The van der Waals surface area contributed by atoms with E-state index in [0.717, 1.165) is 0 Å². The van der Waals surface area contributed by atoms with Gasteiger partial charge in [-0.1, -0.05) is 0 Å². The number of primary amides is 1. The zero-order valence-electron chi connectivity index (χ0n) is 9.06. The number of carbonyl (C=O) groups is 1. The van der Waals surface area contributed by atoms with Gasteiger partial charge in [0.25, 0.3) is 5.91 Å². The highest BCUT2D eigenvalue weighted by Crippen LogP contribution is 2.25. The van der Waals surface area contributed by atoms with Gasteiger partial charge in [-0.25, -0.2) is 4.39 Å². The number of aromatic nitrogens is 1. The molecule has 0 atom stereocenters. The molecule has 92 valence electrons. The van der Waals surface area contributed by atoms with Gasteiger partial charge in [-0.2, -0.15) is 0 Å². The number of hydrogen-bond acceptors (Lipinski definition) is 3. The molecule has 6 heteroatoms.